The molecule has 2 aliphatic rings. The van der Waals surface area contributed by atoms with Crippen LogP contribution in [0.3, 0.4) is 0 Å². The van der Waals surface area contributed by atoms with Gasteiger partial charge in [-0.2, -0.15) is 0 Å². The Kier molecular flexibility index (Phi) is 8.64. The first-order valence-electron chi connectivity index (χ1n) is 12.9. The predicted molar refractivity (Wildman–Crippen MR) is 150 cm³/mol. The maximum Gasteiger partial charge on any atom is 0.319 e. The van der Waals surface area contributed by atoms with E-state index < -0.39 is 5.79 Å². The van der Waals surface area contributed by atoms with Crippen LogP contribution in [-0.2, 0) is 33.1 Å². The number of urea groups is 1. The number of carbonyl (C=O) groups is 1. The number of rotatable bonds is 7. The van der Waals surface area contributed by atoms with Crippen molar-refractivity contribution in [2.75, 3.05) is 58.4 Å². The highest BCUT2D eigenvalue weighted by Gasteiger charge is 2.42. The lowest BCUT2D eigenvalue weighted by Crippen LogP contribution is -2.51. The standard InChI is InChI=1S/C28H33Cl2N5O4/c1-32(2)27(36)35-13-11-34(12-14-35)23-6-3-21(4-7-23)16-37-24-17-38-28(39-18-24,19-33-10-9-31-20-33)25-8-5-22(29)15-26(25)30/h3-10,15,20,24H,11-14,16-19H2,1-2H3/t24-,28-. The summed E-state index contributed by atoms with van der Waals surface area (Å²) >= 11 is 12.7. The van der Waals surface area contributed by atoms with Crippen LogP contribution in [0.15, 0.2) is 61.2 Å². The van der Waals surface area contributed by atoms with Crippen LogP contribution in [0.2, 0.25) is 10.0 Å². The van der Waals surface area contributed by atoms with Crippen LogP contribution >= 0.6 is 23.2 Å². The first-order chi connectivity index (χ1) is 18.8. The fourth-order valence-corrected chi connectivity index (χ4v) is 5.40. The van der Waals surface area contributed by atoms with Gasteiger partial charge in [0, 0.05) is 68.9 Å². The fraction of sp³-hybridized carbons (Fsp3) is 0.429. The lowest BCUT2D eigenvalue weighted by molar-refractivity contribution is -0.313. The number of imidazole rings is 1. The van der Waals surface area contributed by atoms with E-state index in [1.807, 2.05) is 21.7 Å². The van der Waals surface area contributed by atoms with Crippen LogP contribution in [0.4, 0.5) is 10.5 Å². The van der Waals surface area contributed by atoms with Crippen LogP contribution in [0, 0.1) is 0 Å². The summed E-state index contributed by atoms with van der Waals surface area (Å²) in [5, 5.41) is 1.03. The Labute approximate surface area is 238 Å². The fourth-order valence-electron chi connectivity index (χ4n) is 4.85. The lowest BCUT2D eigenvalue weighted by atomic mass is 10.0. The van der Waals surface area contributed by atoms with E-state index >= 15 is 0 Å². The molecule has 11 heteroatoms. The van der Waals surface area contributed by atoms with Crippen molar-refractivity contribution in [1.29, 1.82) is 0 Å². The molecule has 0 radical (unpaired) electrons. The molecule has 0 aliphatic carbocycles. The molecule has 0 atom stereocenters. The number of piperazine rings is 1. The molecule has 0 bridgehead atoms. The summed E-state index contributed by atoms with van der Waals surface area (Å²) in [5.41, 5.74) is 2.92. The van der Waals surface area contributed by atoms with Crippen LogP contribution < -0.4 is 4.90 Å². The van der Waals surface area contributed by atoms with E-state index in [9.17, 15) is 4.79 Å². The van der Waals surface area contributed by atoms with Crippen LogP contribution in [-0.4, -0.2) is 85.0 Å². The third kappa shape index (κ3) is 6.50. The van der Waals surface area contributed by atoms with Gasteiger partial charge in [0.05, 0.1) is 37.7 Å². The van der Waals surface area contributed by atoms with E-state index in [1.165, 1.54) is 0 Å². The van der Waals surface area contributed by atoms with E-state index in [2.05, 4.69) is 34.1 Å². The molecular formula is C28H33Cl2N5O4. The van der Waals surface area contributed by atoms with Crippen molar-refractivity contribution < 1.29 is 19.0 Å². The van der Waals surface area contributed by atoms with Gasteiger partial charge in [-0.3, -0.25) is 0 Å². The Morgan fingerprint density at radius 2 is 1.79 bits per heavy atom. The normalized spacial score (nSPS) is 21.7. The number of carbonyl (C=O) groups excluding carboxylic acids is 1. The summed E-state index contributed by atoms with van der Waals surface area (Å²) in [6.45, 7) is 4.58. The summed E-state index contributed by atoms with van der Waals surface area (Å²) in [6.07, 6.45) is 5.05. The van der Waals surface area contributed by atoms with Crippen molar-refractivity contribution >= 4 is 34.9 Å². The maximum atomic E-state index is 12.2. The Morgan fingerprint density at radius 3 is 2.41 bits per heavy atom. The molecule has 39 heavy (non-hydrogen) atoms. The second-order valence-electron chi connectivity index (χ2n) is 9.98. The lowest BCUT2D eigenvalue weighted by Gasteiger charge is -2.41. The number of anilines is 1. The molecule has 208 valence electrons. The van der Waals surface area contributed by atoms with Crippen molar-refractivity contribution in [3.8, 4) is 0 Å². The zero-order chi connectivity index (χ0) is 27.4. The van der Waals surface area contributed by atoms with Gasteiger partial charge in [0.15, 0.2) is 0 Å². The van der Waals surface area contributed by atoms with Gasteiger partial charge in [0.1, 0.15) is 6.10 Å². The molecule has 5 rings (SSSR count). The SMILES string of the molecule is CN(C)C(=O)N1CCN(c2ccc(CO[C@H]3CO[C@](Cn4ccnc4)(c4ccc(Cl)cc4Cl)OC3)cc2)CC1. The Bertz CT molecular complexity index is 1240. The highest BCUT2D eigenvalue weighted by Crippen LogP contribution is 2.38. The van der Waals surface area contributed by atoms with E-state index in [-0.39, 0.29) is 12.1 Å². The summed E-state index contributed by atoms with van der Waals surface area (Å²) in [4.78, 5) is 22.1. The molecule has 2 aromatic carbocycles. The quantitative estimate of drug-likeness (QED) is 0.415. The molecular weight excluding hydrogens is 541 g/mol. The maximum absolute atomic E-state index is 12.2. The minimum atomic E-state index is -1.08. The van der Waals surface area contributed by atoms with Gasteiger partial charge in [-0.05, 0) is 29.8 Å². The third-order valence-corrected chi connectivity index (χ3v) is 7.56. The summed E-state index contributed by atoms with van der Waals surface area (Å²) < 4.78 is 20.7. The topological polar surface area (TPSA) is 72.3 Å². The number of hydrogen-bond donors (Lipinski definition) is 0. The molecule has 0 unspecified atom stereocenters. The summed E-state index contributed by atoms with van der Waals surface area (Å²) in [5.74, 6) is -1.08. The van der Waals surface area contributed by atoms with E-state index in [4.69, 9.17) is 37.4 Å². The number of halogens is 2. The van der Waals surface area contributed by atoms with Gasteiger partial charge >= 0.3 is 6.03 Å². The van der Waals surface area contributed by atoms with E-state index in [0.29, 0.717) is 55.1 Å². The molecule has 3 heterocycles. The van der Waals surface area contributed by atoms with Gasteiger partial charge in [-0.25, -0.2) is 9.78 Å². The Balaban J connectivity index is 1.15. The number of amides is 2. The first-order valence-corrected chi connectivity index (χ1v) is 13.7. The highest BCUT2D eigenvalue weighted by atomic mass is 35.5. The predicted octanol–water partition coefficient (Wildman–Crippen LogP) is 4.48. The molecule has 1 aromatic heterocycles. The van der Waals surface area contributed by atoms with Gasteiger partial charge < -0.3 is 33.5 Å². The van der Waals surface area contributed by atoms with Gasteiger partial charge in [-0.15, -0.1) is 0 Å². The van der Waals surface area contributed by atoms with E-state index in [0.717, 1.165) is 24.3 Å². The van der Waals surface area contributed by atoms with Crippen molar-refractivity contribution in [3.63, 3.8) is 0 Å². The molecule has 0 saturated carbocycles. The van der Waals surface area contributed by atoms with Crippen LogP contribution in [0.5, 0.6) is 0 Å². The Morgan fingerprint density at radius 1 is 1.08 bits per heavy atom. The van der Waals surface area contributed by atoms with Crippen molar-refractivity contribution in [1.82, 2.24) is 19.4 Å². The zero-order valence-electron chi connectivity index (χ0n) is 22.1. The molecule has 0 spiro atoms. The van der Waals surface area contributed by atoms with Crippen molar-refractivity contribution in [2.24, 2.45) is 0 Å². The zero-order valence-corrected chi connectivity index (χ0v) is 23.6. The van der Waals surface area contributed by atoms with Crippen LogP contribution in [0.25, 0.3) is 0 Å². The summed E-state index contributed by atoms with van der Waals surface area (Å²) in [7, 11) is 3.57. The third-order valence-electron chi connectivity index (χ3n) is 7.02. The highest BCUT2D eigenvalue weighted by molar-refractivity contribution is 6.35. The van der Waals surface area contributed by atoms with Crippen molar-refractivity contribution in [3.05, 3.63) is 82.4 Å². The minimum Gasteiger partial charge on any atom is -0.369 e. The Hall–Kier alpha value is -2.82. The van der Waals surface area contributed by atoms with Gasteiger partial charge in [0.2, 0.25) is 5.79 Å². The number of ether oxygens (including phenoxy) is 3. The van der Waals surface area contributed by atoms with E-state index in [1.54, 1.807) is 43.7 Å². The molecule has 2 fully saturated rings. The molecule has 0 N–H and O–H groups in total. The minimum absolute atomic E-state index is 0.0630. The van der Waals surface area contributed by atoms with Crippen LogP contribution in [0.1, 0.15) is 11.1 Å². The van der Waals surface area contributed by atoms with Gasteiger partial charge in [0.25, 0.3) is 0 Å². The first kappa shape index (κ1) is 27.7. The second kappa shape index (κ2) is 12.1. The average Bonchev–Trinajstić information content (AvgIpc) is 3.45. The molecule has 3 aromatic rings. The largest absolute Gasteiger partial charge is 0.369 e. The number of hydrogen-bond acceptors (Lipinski definition) is 6. The molecule has 2 amide bonds. The molecule has 2 saturated heterocycles. The number of benzene rings is 2. The monoisotopic (exact) mass is 573 g/mol. The molecule has 2 aliphatic heterocycles. The van der Waals surface area contributed by atoms with Gasteiger partial charge in [-0.1, -0.05) is 41.4 Å². The average molecular weight is 575 g/mol. The number of aromatic nitrogens is 2. The molecule has 9 nitrogen and oxygen atoms in total. The van der Waals surface area contributed by atoms with Crippen molar-refractivity contribution in [2.45, 2.75) is 25.0 Å². The smallest absolute Gasteiger partial charge is 0.319 e. The number of nitrogens with zero attached hydrogens (tertiary/aromatic N) is 5. The summed E-state index contributed by atoms with van der Waals surface area (Å²) in [6, 6.07) is 13.7. The second-order valence-corrected chi connectivity index (χ2v) is 10.8.